The first-order valence-corrected chi connectivity index (χ1v) is 8.10. The van der Waals surface area contributed by atoms with Crippen LogP contribution in [-0.4, -0.2) is 18.7 Å². The van der Waals surface area contributed by atoms with Crippen LogP contribution in [0.2, 0.25) is 0 Å². The van der Waals surface area contributed by atoms with E-state index in [-0.39, 0.29) is 11.4 Å². The molecule has 0 radical (unpaired) electrons. The van der Waals surface area contributed by atoms with E-state index < -0.39 is 16.1 Å². The van der Waals surface area contributed by atoms with Gasteiger partial charge in [0.15, 0.2) is 0 Å². The Bertz CT molecular complexity index is 709. The van der Waals surface area contributed by atoms with Gasteiger partial charge in [0.25, 0.3) is 0 Å². The number of aliphatic hydroxyl groups excluding tert-OH is 1. The van der Waals surface area contributed by atoms with E-state index in [0.29, 0.717) is 23.4 Å². The van der Waals surface area contributed by atoms with E-state index >= 15 is 0 Å². The van der Waals surface area contributed by atoms with E-state index in [1.807, 2.05) is 6.92 Å². The molecule has 0 aliphatic heterocycles. The quantitative estimate of drug-likeness (QED) is 0.850. The summed E-state index contributed by atoms with van der Waals surface area (Å²) in [4.78, 5) is 0.118. The molecule has 0 aliphatic carbocycles. The topological polar surface area (TPSA) is 92.4 Å². The molecule has 21 heavy (non-hydrogen) atoms. The highest BCUT2D eigenvalue weighted by Gasteiger charge is 2.16. The zero-order valence-electron chi connectivity index (χ0n) is 11.9. The number of aromatic nitrogens is 1. The lowest BCUT2D eigenvalue weighted by molar-refractivity contribution is 0.173. The molecule has 1 heterocycles. The van der Waals surface area contributed by atoms with Crippen molar-refractivity contribution in [1.29, 1.82) is 0 Å². The average molecular weight is 310 g/mol. The van der Waals surface area contributed by atoms with Crippen molar-refractivity contribution in [1.82, 2.24) is 9.88 Å². The lowest BCUT2D eigenvalue weighted by Gasteiger charge is -2.10. The SMILES string of the molecule is CCC(O)c1cccc(S(=O)(=O)NCc2cc(C)on2)c1. The highest BCUT2D eigenvalue weighted by atomic mass is 32.2. The summed E-state index contributed by atoms with van der Waals surface area (Å²) in [5, 5.41) is 13.5. The van der Waals surface area contributed by atoms with Crippen molar-refractivity contribution in [2.75, 3.05) is 0 Å². The zero-order chi connectivity index (χ0) is 15.5. The molecule has 7 heteroatoms. The number of sulfonamides is 1. The van der Waals surface area contributed by atoms with Crippen molar-refractivity contribution in [3.63, 3.8) is 0 Å². The van der Waals surface area contributed by atoms with Crippen LogP contribution in [0.15, 0.2) is 39.8 Å². The molecular formula is C14H18N2O4S. The summed E-state index contributed by atoms with van der Waals surface area (Å²) >= 11 is 0. The van der Waals surface area contributed by atoms with Gasteiger partial charge in [0.05, 0.1) is 23.2 Å². The summed E-state index contributed by atoms with van der Waals surface area (Å²) in [5.41, 5.74) is 1.10. The van der Waals surface area contributed by atoms with Gasteiger partial charge in [-0.3, -0.25) is 0 Å². The fraction of sp³-hybridized carbons (Fsp3) is 0.357. The van der Waals surface area contributed by atoms with Crippen molar-refractivity contribution in [2.45, 2.75) is 37.8 Å². The van der Waals surface area contributed by atoms with Crippen molar-refractivity contribution in [2.24, 2.45) is 0 Å². The van der Waals surface area contributed by atoms with Crippen LogP contribution in [0.3, 0.4) is 0 Å². The van der Waals surface area contributed by atoms with Gasteiger partial charge in [-0.1, -0.05) is 24.2 Å². The molecule has 0 saturated carbocycles. The molecule has 0 spiro atoms. The van der Waals surface area contributed by atoms with E-state index in [1.54, 1.807) is 25.1 Å². The average Bonchev–Trinajstić information content (AvgIpc) is 2.90. The summed E-state index contributed by atoms with van der Waals surface area (Å²) in [7, 11) is -3.66. The number of hydrogen-bond acceptors (Lipinski definition) is 5. The summed E-state index contributed by atoms with van der Waals surface area (Å²) in [6.45, 7) is 3.62. The molecule has 6 nitrogen and oxygen atoms in total. The Balaban J connectivity index is 2.15. The molecule has 1 unspecified atom stereocenters. The van der Waals surface area contributed by atoms with Crippen LogP contribution in [0.4, 0.5) is 0 Å². The lowest BCUT2D eigenvalue weighted by atomic mass is 10.1. The van der Waals surface area contributed by atoms with Gasteiger partial charge >= 0.3 is 0 Å². The predicted molar refractivity (Wildman–Crippen MR) is 77.0 cm³/mol. The maximum atomic E-state index is 12.2. The van der Waals surface area contributed by atoms with Crippen LogP contribution in [0, 0.1) is 6.92 Å². The van der Waals surface area contributed by atoms with Gasteiger partial charge in [-0.25, -0.2) is 13.1 Å². The Kier molecular flexibility index (Phi) is 4.76. The minimum atomic E-state index is -3.66. The van der Waals surface area contributed by atoms with Gasteiger partial charge in [-0.15, -0.1) is 0 Å². The first kappa shape index (κ1) is 15.7. The number of rotatable bonds is 6. The largest absolute Gasteiger partial charge is 0.388 e. The molecular weight excluding hydrogens is 292 g/mol. The smallest absolute Gasteiger partial charge is 0.240 e. The fourth-order valence-electron chi connectivity index (χ4n) is 1.88. The number of nitrogens with one attached hydrogen (secondary N) is 1. The molecule has 114 valence electrons. The summed E-state index contributed by atoms with van der Waals surface area (Å²) in [6.07, 6.45) is -0.145. The highest BCUT2D eigenvalue weighted by Crippen LogP contribution is 2.20. The maximum absolute atomic E-state index is 12.2. The summed E-state index contributed by atoms with van der Waals surface area (Å²) < 4.78 is 31.8. The monoisotopic (exact) mass is 310 g/mol. The Morgan fingerprint density at radius 3 is 2.76 bits per heavy atom. The van der Waals surface area contributed by atoms with Crippen molar-refractivity contribution in [3.8, 4) is 0 Å². The second-order valence-corrected chi connectivity index (χ2v) is 6.52. The van der Waals surface area contributed by atoms with Gasteiger partial charge in [0.1, 0.15) is 5.76 Å². The molecule has 0 fully saturated rings. The van der Waals surface area contributed by atoms with Crippen LogP contribution < -0.4 is 4.72 Å². The Morgan fingerprint density at radius 2 is 2.14 bits per heavy atom. The Labute approximate surface area is 123 Å². The number of nitrogens with zero attached hydrogens (tertiary/aromatic N) is 1. The molecule has 2 N–H and O–H groups in total. The molecule has 0 saturated heterocycles. The molecule has 2 aromatic rings. The van der Waals surface area contributed by atoms with Crippen molar-refractivity contribution in [3.05, 3.63) is 47.3 Å². The van der Waals surface area contributed by atoms with Crippen LogP contribution in [-0.2, 0) is 16.6 Å². The van der Waals surface area contributed by atoms with E-state index in [1.165, 1.54) is 12.1 Å². The molecule has 1 aromatic heterocycles. The normalized spacial score (nSPS) is 13.3. The lowest BCUT2D eigenvalue weighted by Crippen LogP contribution is -2.23. The first-order chi connectivity index (χ1) is 9.92. The first-order valence-electron chi connectivity index (χ1n) is 6.62. The van der Waals surface area contributed by atoms with E-state index in [9.17, 15) is 13.5 Å². The summed E-state index contributed by atoms with van der Waals surface area (Å²) in [5.74, 6) is 0.622. The van der Waals surface area contributed by atoms with Crippen molar-refractivity contribution < 1.29 is 18.0 Å². The van der Waals surface area contributed by atoms with Crippen LogP contribution >= 0.6 is 0 Å². The van der Waals surface area contributed by atoms with Crippen molar-refractivity contribution >= 4 is 10.0 Å². The Hall–Kier alpha value is -1.70. The number of aliphatic hydroxyl groups is 1. The van der Waals surface area contributed by atoms with E-state index in [2.05, 4.69) is 9.88 Å². The number of benzene rings is 1. The minimum Gasteiger partial charge on any atom is -0.388 e. The highest BCUT2D eigenvalue weighted by molar-refractivity contribution is 7.89. The molecule has 0 aliphatic rings. The third-order valence-electron chi connectivity index (χ3n) is 3.06. The summed E-state index contributed by atoms with van der Waals surface area (Å²) in [6, 6.07) is 7.95. The van der Waals surface area contributed by atoms with Gasteiger partial charge in [-0.05, 0) is 31.0 Å². The van der Waals surface area contributed by atoms with E-state index in [4.69, 9.17) is 4.52 Å². The van der Waals surface area contributed by atoms with Gasteiger partial charge < -0.3 is 9.63 Å². The van der Waals surface area contributed by atoms with Crippen LogP contribution in [0.1, 0.15) is 36.5 Å². The number of hydrogen-bond donors (Lipinski definition) is 2. The maximum Gasteiger partial charge on any atom is 0.240 e. The second kappa shape index (κ2) is 6.38. The minimum absolute atomic E-state index is 0.0558. The van der Waals surface area contributed by atoms with Gasteiger partial charge in [0.2, 0.25) is 10.0 Å². The third kappa shape index (κ3) is 3.90. The molecule has 1 atom stereocenters. The number of aryl methyl sites for hydroxylation is 1. The van der Waals surface area contributed by atoms with E-state index in [0.717, 1.165) is 0 Å². The Morgan fingerprint density at radius 1 is 1.38 bits per heavy atom. The van der Waals surface area contributed by atoms with Crippen LogP contribution in [0.25, 0.3) is 0 Å². The standard InChI is InChI=1S/C14H18N2O4S/c1-3-14(17)11-5-4-6-13(8-11)21(18,19)15-9-12-7-10(2)20-16-12/h4-8,14-15,17H,3,9H2,1-2H3. The van der Waals surface area contributed by atoms with Gasteiger partial charge in [-0.2, -0.15) is 0 Å². The molecule has 2 rings (SSSR count). The fourth-order valence-corrected chi connectivity index (χ4v) is 2.93. The van der Waals surface area contributed by atoms with Gasteiger partial charge in [0, 0.05) is 6.07 Å². The van der Waals surface area contributed by atoms with Crippen LogP contribution in [0.5, 0.6) is 0 Å². The third-order valence-corrected chi connectivity index (χ3v) is 4.46. The molecule has 0 bridgehead atoms. The molecule has 0 amide bonds. The molecule has 1 aromatic carbocycles. The predicted octanol–water partition coefficient (Wildman–Crippen LogP) is 1.90. The zero-order valence-corrected chi connectivity index (χ0v) is 12.7. The second-order valence-electron chi connectivity index (χ2n) is 4.75.